The maximum Gasteiger partial charge on any atom is 0.231 e. The van der Waals surface area contributed by atoms with Gasteiger partial charge < -0.3 is 14.5 Å². The molecule has 0 radical (unpaired) electrons. The van der Waals surface area contributed by atoms with Crippen LogP contribution in [0.3, 0.4) is 0 Å². The van der Waals surface area contributed by atoms with Crippen molar-refractivity contribution in [3.8, 4) is 40.2 Å². The Morgan fingerprint density at radius 1 is 0.968 bits per heavy atom. The first-order valence-corrected chi connectivity index (χ1v) is 11.0. The molecule has 3 saturated carbocycles. The number of pyridine rings is 1. The second-order valence-electron chi connectivity index (χ2n) is 9.21. The van der Waals surface area contributed by atoms with Crippen molar-refractivity contribution in [1.29, 1.82) is 5.26 Å². The van der Waals surface area contributed by atoms with Crippen molar-refractivity contribution < 1.29 is 9.47 Å². The van der Waals surface area contributed by atoms with Crippen molar-refractivity contribution in [2.45, 2.75) is 50.9 Å². The minimum atomic E-state index is -0.116. The minimum absolute atomic E-state index is 0.0196. The van der Waals surface area contributed by atoms with Crippen LogP contribution in [0.15, 0.2) is 36.4 Å². The number of nitrogens with zero attached hydrogens (tertiary/aromatic N) is 3. The van der Waals surface area contributed by atoms with Gasteiger partial charge in [0.05, 0.1) is 28.6 Å². The Labute approximate surface area is 181 Å². The van der Waals surface area contributed by atoms with E-state index in [1.165, 1.54) is 0 Å². The smallest absolute Gasteiger partial charge is 0.231 e. The normalized spacial score (nSPS) is 26.1. The summed E-state index contributed by atoms with van der Waals surface area (Å²) in [4.78, 5) is 13.6. The van der Waals surface area contributed by atoms with E-state index >= 15 is 0 Å². The lowest BCUT2D eigenvalue weighted by molar-refractivity contribution is 0.0797. The van der Waals surface area contributed by atoms with E-state index in [9.17, 15) is 5.26 Å². The Morgan fingerprint density at radius 3 is 2.48 bits per heavy atom. The third-order valence-electron chi connectivity index (χ3n) is 7.48. The molecule has 0 amide bonds. The Kier molecular flexibility index (Phi) is 3.92. The molecule has 4 aliphatic rings. The number of benzene rings is 1. The number of aromatic amines is 1. The number of ether oxygens (including phenoxy) is 2. The van der Waals surface area contributed by atoms with E-state index in [2.05, 4.69) is 11.1 Å². The van der Waals surface area contributed by atoms with Gasteiger partial charge in [-0.1, -0.05) is 6.07 Å². The van der Waals surface area contributed by atoms with E-state index in [1.54, 1.807) is 0 Å². The summed E-state index contributed by atoms with van der Waals surface area (Å²) in [5, 5.41) is 9.67. The van der Waals surface area contributed by atoms with Gasteiger partial charge in [0.15, 0.2) is 11.5 Å². The number of nitrogens with one attached hydrogen (secondary N) is 1. The second-order valence-corrected chi connectivity index (χ2v) is 9.21. The van der Waals surface area contributed by atoms with Crippen molar-refractivity contribution >= 4 is 0 Å². The summed E-state index contributed by atoms with van der Waals surface area (Å²) >= 11 is 0. The van der Waals surface area contributed by atoms with E-state index < -0.39 is 0 Å². The first-order valence-electron chi connectivity index (χ1n) is 11.0. The standard InChI is InChI=1S/C25H24N4O2/c1-16-3-2-4-18(27-16)22-21(17-5-6-19-20(13-17)31-15-30-19)28-23(29-22)25-10-7-24(14-26,8-11-25)9-12-25/h2-6,13H,7-12,15H2,1H3,(H,28,29). The van der Waals surface area contributed by atoms with Crippen LogP contribution >= 0.6 is 0 Å². The zero-order valence-electron chi connectivity index (χ0n) is 17.6. The molecule has 6 nitrogen and oxygen atoms in total. The average Bonchev–Trinajstić information content (AvgIpc) is 3.47. The molecule has 0 saturated heterocycles. The molecule has 3 aliphatic carbocycles. The van der Waals surface area contributed by atoms with Crippen LogP contribution in [0.25, 0.3) is 22.6 Å². The predicted octanol–water partition coefficient (Wildman–Crippen LogP) is 5.29. The molecule has 1 aliphatic heterocycles. The van der Waals surface area contributed by atoms with Crippen molar-refractivity contribution in [3.63, 3.8) is 0 Å². The largest absolute Gasteiger partial charge is 0.454 e. The molecule has 2 aromatic heterocycles. The molecule has 0 spiro atoms. The number of imidazole rings is 1. The van der Waals surface area contributed by atoms with Crippen LogP contribution in [0.5, 0.6) is 11.5 Å². The number of H-pyrrole nitrogens is 1. The molecule has 156 valence electrons. The zero-order chi connectivity index (χ0) is 21.1. The minimum Gasteiger partial charge on any atom is -0.454 e. The van der Waals surface area contributed by atoms with Crippen LogP contribution in [-0.2, 0) is 5.41 Å². The molecule has 7 rings (SSSR count). The number of aromatic nitrogens is 3. The highest BCUT2D eigenvalue weighted by molar-refractivity contribution is 5.78. The summed E-state index contributed by atoms with van der Waals surface area (Å²) in [5.41, 5.74) is 4.58. The highest BCUT2D eigenvalue weighted by atomic mass is 16.7. The molecule has 2 bridgehead atoms. The lowest BCUT2D eigenvalue weighted by Crippen LogP contribution is -2.44. The maximum atomic E-state index is 9.67. The molecule has 0 atom stereocenters. The van der Waals surface area contributed by atoms with E-state index in [0.29, 0.717) is 0 Å². The summed E-state index contributed by atoms with van der Waals surface area (Å²) < 4.78 is 11.1. The van der Waals surface area contributed by atoms with E-state index in [1.807, 2.05) is 43.3 Å². The SMILES string of the molecule is Cc1cccc(-c2[nH]c(C34CCC(C#N)(CC3)CC4)nc2-c2ccc3c(c2)OCO3)n1. The van der Waals surface area contributed by atoms with Gasteiger partial charge in [0, 0.05) is 16.7 Å². The lowest BCUT2D eigenvalue weighted by Gasteiger charge is -2.49. The quantitative estimate of drug-likeness (QED) is 0.632. The van der Waals surface area contributed by atoms with Gasteiger partial charge in [-0.15, -0.1) is 0 Å². The van der Waals surface area contributed by atoms with Crippen LogP contribution in [0.1, 0.15) is 50.0 Å². The predicted molar refractivity (Wildman–Crippen MR) is 116 cm³/mol. The van der Waals surface area contributed by atoms with Gasteiger partial charge in [-0.2, -0.15) is 5.26 Å². The van der Waals surface area contributed by atoms with Crippen molar-refractivity contribution in [2.24, 2.45) is 5.41 Å². The number of rotatable bonds is 3. The summed E-state index contributed by atoms with van der Waals surface area (Å²) in [5.74, 6) is 2.54. The van der Waals surface area contributed by atoms with E-state index in [0.717, 1.165) is 84.2 Å². The summed E-state index contributed by atoms with van der Waals surface area (Å²) in [7, 11) is 0. The molecule has 3 aromatic rings. The van der Waals surface area contributed by atoms with Gasteiger partial charge in [-0.05, 0) is 75.8 Å². The first kappa shape index (κ1) is 18.4. The average molecular weight is 412 g/mol. The molecule has 3 fully saturated rings. The van der Waals surface area contributed by atoms with Crippen LogP contribution < -0.4 is 9.47 Å². The van der Waals surface area contributed by atoms with Crippen LogP contribution in [0, 0.1) is 23.7 Å². The van der Waals surface area contributed by atoms with Crippen LogP contribution in [0.4, 0.5) is 0 Å². The molecular weight excluding hydrogens is 388 g/mol. The summed E-state index contributed by atoms with van der Waals surface area (Å²) in [6.07, 6.45) is 5.91. The van der Waals surface area contributed by atoms with Crippen molar-refractivity contribution in [1.82, 2.24) is 15.0 Å². The fraction of sp³-hybridized carbons (Fsp3) is 0.400. The second kappa shape index (κ2) is 6.58. The molecule has 6 heteroatoms. The topological polar surface area (TPSA) is 83.8 Å². The monoisotopic (exact) mass is 412 g/mol. The highest BCUT2D eigenvalue weighted by Gasteiger charge is 2.51. The molecule has 1 aromatic carbocycles. The van der Waals surface area contributed by atoms with E-state index in [-0.39, 0.29) is 17.6 Å². The highest BCUT2D eigenvalue weighted by Crippen LogP contribution is 2.57. The third kappa shape index (κ3) is 2.83. The summed E-state index contributed by atoms with van der Waals surface area (Å²) in [6.45, 7) is 2.25. The summed E-state index contributed by atoms with van der Waals surface area (Å²) in [6, 6.07) is 14.6. The third-order valence-corrected chi connectivity index (χ3v) is 7.48. The first-order chi connectivity index (χ1) is 15.1. The lowest BCUT2D eigenvalue weighted by atomic mass is 9.54. The van der Waals surface area contributed by atoms with Gasteiger partial charge in [0.1, 0.15) is 5.82 Å². The molecule has 3 heterocycles. The Morgan fingerprint density at radius 2 is 1.74 bits per heavy atom. The van der Waals surface area contributed by atoms with Crippen LogP contribution in [-0.4, -0.2) is 21.7 Å². The maximum absolute atomic E-state index is 9.67. The van der Waals surface area contributed by atoms with E-state index in [4.69, 9.17) is 19.4 Å². The number of hydrogen-bond acceptors (Lipinski definition) is 5. The van der Waals surface area contributed by atoms with Gasteiger partial charge in [-0.3, -0.25) is 4.98 Å². The van der Waals surface area contributed by atoms with Gasteiger partial charge in [0.25, 0.3) is 0 Å². The Bertz CT molecular complexity index is 1200. The van der Waals surface area contributed by atoms with Gasteiger partial charge in [0.2, 0.25) is 6.79 Å². The van der Waals surface area contributed by atoms with Gasteiger partial charge in [-0.25, -0.2) is 4.98 Å². The fourth-order valence-electron chi connectivity index (χ4n) is 5.45. The molecule has 31 heavy (non-hydrogen) atoms. The van der Waals surface area contributed by atoms with Crippen LogP contribution in [0.2, 0.25) is 0 Å². The number of hydrogen-bond donors (Lipinski definition) is 1. The van der Waals surface area contributed by atoms with Gasteiger partial charge >= 0.3 is 0 Å². The Balaban J connectivity index is 1.48. The van der Waals surface area contributed by atoms with Crippen molar-refractivity contribution in [3.05, 3.63) is 47.9 Å². The zero-order valence-corrected chi connectivity index (χ0v) is 17.6. The Hall–Kier alpha value is -3.33. The number of nitriles is 1. The fourth-order valence-corrected chi connectivity index (χ4v) is 5.45. The number of aryl methyl sites for hydroxylation is 1. The molecular formula is C25H24N4O2. The molecule has 0 unspecified atom stereocenters. The molecule has 1 N–H and O–H groups in total. The number of fused-ring (bicyclic) bond motifs is 4. The van der Waals surface area contributed by atoms with Crippen molar-refractivity contribution in [2.75, 3.05) is 6.79 Å².